The van der Waals surface area contributed by atoms with Crippen LogP contribution in [0.3, 0.4) is 0 Å². The average Bonchev–Trinajstić information content (AvgIpc) is 2.34. The number of carbonyl (C=O) groups is 1. The molecule has 1 aliphatic rings. The number of hydrogen-bond donors (Lipinski definition) is 1. The average molecular weight is 277 g/mol. The lowest BCUT2D eigenvalue weighted by atomic mass is 9.93. The molecule has 18 heavy (non-hydrogen) atoms. The number of carboxylic acids is 1. The lowest BCUT2D eigenvalue weighted by molar-refractivity contribution is -0.137. The molecule has 0 aliphatic carbocycles. The van der Waals surface area contributed by atoms with Gasteiger partial charge in [-0.25, -0.2) is 12.7 Å². The molecule has 1 N–H and O–H groups in total. The van der Waals surface area contributed by atoms with Gasteiger partial charge in [0.25, 0.3) is 0 Å². The third kappa shape index (κ3) is 4.94. The van der Waals surface area contributed by atoms with Crippen molar-refractivity contribution in [3.8, 4) is 0 Å². The second-order valence-electron chi connectivity index (χ2n) is 4.94. The molecule has 0 radical (unpaired) electrons. The smallest absolute Gasteiger partial charge is 0.303 e. The van der Waals surface area contributed by atoms with E-state index in [1.807, 2.05) is 6.92 Å². The van der Waals surface area contributed by atoms with Crippen LogP contribution in [0.4, 0.5) is 0 Å². The van der Waals surface area contributed by atoms with E-state index in [1.165, 1.54) is 0 Å². The lowest BCUT2D eigenvalue weighted by Gasteiger charge is -2.31. The van der Waals surface area contributed by atoms with Crippen molar-refractivity contribution in [3.05, 3.63) is 0 Å². The van der Waals surface area contributed by atoms with E-state index in [1.54, 1.807) is 4.31 Å². The molecule has 0 saturated carbocycles. The van der Waals surface area contributed by atoms with Crippen molar-refractivity contribution in [2.45, 2.75) is 45.4 Å². The minimum Gasteiger partial charge on any atom is -0.481 e. The third-order valence-corrected chi connectivity index (χ3v) is 5.45. The van der Waals surface area contributed by atoms with Crippen molar-refractivity contribution in [2.24, 2.45) is 5.92 Å². The van der Waals surface area contributed by atoms with Crippen molar-refractivity contribution >= 4 is 16.0 Å². The minimum absolute atomic E-state index is 0.188. The highest BCUT2D eigenvalue weighted by Gasteiger charge is 2.27. The summed E-state index contributed by atoms with van der Waals surface area (Å²) in [5, 5.41) is 8.62. The highest BCUT2D eigenvalue weighted by molar-refractivity contribution is 7.89. The molecule has 1 fully saturated rings. The Kier molecular flexibility index (Phi) is 6.08. The van der Waals surface area contributed by atoms with E-state index >= 15 is 0 Å². The first-order chi connectivity index (χ1) is 8.45. The predicted molar refractivity (Wildman–Crippen MR) is 69.9 cm³/mol. The molecule has 0 bridgehead atoms. The Morgan fingerprint density at radius 3 is 2.44 bits per heavy atom. The van der Waals surface area contributed by atoms with Crippen LogP contribution in [0.15, 0.2) is 0 Å². The fraction of sp³-hybridized carbons (Fsp3) is 0.917. The monoisotopic (exact) mass is 277 g/mol. The third-order valence-electron chi connectivity index (χ3n) is 3.49. The van der Waals surface area contributed by atoms with E-state index in [2.05, 4.69) is 0 Å². The number of unbranched alkanes of at least 4 members (excludes halogenated alkanes) is 1. The number of nitrogens with zero attached hydrogens (tertiary/aromatic N) is 1. The zero-order valence-electron chi connectivity index (χ0n) is 11.0. The zero-order valence-corrected chi connectivity index (χ0v) is 11.8. The Hall–Kier alpha value is -0.620. The summed E-state index contributed by atoms with van der Waals surface area (Å²) >= 11 is 0. The Labute approximate surface area is 109 Å². The van der Waals surface area contributed by atoms with Crippen molar-refractivity contribution in [1.29, 1.82) is 0 Å². The molecule has 0 spiro atoms. The molecule has 0 unspecified atom stereocenters. The first-order valence-electron chi connectivity index (χ1n) is 6.65. The predicted octanol–water partition coefficient (Wildman–Crippen LogP) is 1.69. The van der Waals surface area contributed by atoms with Crippen molar-refractivity contribution in [3.63, 3.8) is 0 Å². The quantitative estimate of drug-likeness (QED) is 0.768. The fourth-order valence-corrected chi connectivity index (χ4v) is 3.94. The maximum atomic E-state index is 11.9. The number of piperidine rings is 1. The number of rotatable bonds is 7. The van der Waals surface area contributed by atoms with Crippen LogP contribution >= 0.6 is 0 Å². The van der Waals surface area contributed by atoms with E-state index in [-0.39, 0.29) is 12.2 Å². The highest BCUT2D eigenvalue weighted by atomic mass is 32.2. The summed E-state index contributed by atoms with van der Waals surface area (Å²) in [6.07, 6.45) is 4.03. The fourth-order valence-electron chi connectivity index (χ4n) is 2.26. The maximum Gasteiger partial charge on any atom is 0.303 e. The van der Waals surface area contributed by atoms with Gasteiger partial charge in [-0.2, -0.15) is 0 Å². The molecule has 5 nitrogen and oxygen atoms in total. The van der Waals surface area contributed by atoms with Crippen LogP contribution in [0, 0.1) is 5.92 Å². The lowest BCUT2D eigenvalue weighted by Crippen LogP contribution is -2.39. The molecule has 0 aromatic rings. The minimum atomic E-state index is -3.08. The molecule has 1 aliphatic heterocycles. The van der Waals surface area contributed by atoms with Crippen LogP contribution in [-0.4, -0.2) is 42.6 Å². The Morgan fingerprint density at radius 1 is 1.33 bits per heavy atom. The number of aliphatic carboxylic acids is 1. The van der Waals surface area contributed by atoms with Gasteiger partial charge in [0.2, 0.25) is 10.0 Å². The number of sulfonamides is 1. The van der Waals surface area contributed by atoms with Gasteiger partial charge in [0, 0.05) is 19.5 Å². The molecule has 6 heteroatoms. The SMILES string of the molecule is CCCCS(=O)(=O)N1CCC(CCC(=O)O)CC1. The largest absolute Gasteiger partial charge is 0.481 e. The van der Waals surface area contributed by atoms with Crippen LogP contribution < -0.4 is 0 Å². The maximum absolute atomic E-state index is 11.9. The normalized spacial score (nSPS) is 18.9. The van der Waals surface area contributed by atoms with E-state index < -0.39 is 16.0 Å². The van der Waals surface area contributed by atoms with Crippen molar-refractivity contribution < 1.29 is 18.3 Å². The summed E-state index contributed by atoms with van der Waals surface area (Å²) in [5.41, 5.74) is 0. The molecule has 1 rings (SSSR count). The molecule has 106 valence electrons. The van der Waals surface area contributed by atoms with E-state index in [0.717, 1.165) is 19.3 Å². The van der Waals surface area contributed by atoms with Crippen LogP contribution in [0.5, 0.6) is 0 Å². The van der Waals surface area contributed by atoms with Crippen molar-refractivity contribution in [2.75, 3.05) is 18.8 Å². The summed E-state index contributed by atoms with van der Waals surface area (Å²) in [5.74, 6) is -0.171. The summed E-state index contributed by atoms with van der Waals surface area (Å²) < 4.78 is 25.5. The zero-order chi connectivity index (χ0) is 13.6. The molecule has 0 aromatic heterocycles. The second kappa shape index (κ2) is 7.09. The first-order valence-corrected chi connectivity index (χ1v) is 8.26. The number of hydrogen-bond acceptors (Lipinski definition) is 3. The molecule has 0 amide bonds. The number of carboxylic acid groups (broad SMARTS) is 1. The summed E-state index contributed by atoms with van der Waals surface area (Å²) in [6.45, 7) is 3.08. The molecular weight excluding hydrogens is 254 g/mol. The van der Waals surface area contributed by atoms with Gasteiger partial charge in [-0.05, 0) is 31.6 Å². The molecule has 1 saturated heterocycles. The molecule has 0 atom stereocenters. The Balaban J connectivity index is 2.36. The van der Waals surface area contributed by atoms with Gasteiger partial charge >= 0.3 is 5.97 Å². The van der Waals surface area contributed by atoms with Gasteiger partial charge in [-0.3, -0.25) is 4.79 Å². The van der Waals surface area contributed by atoms with Crippen LogP contribution in [0.1, 0.15) is 45.4 Å². The standard InChI is InChI=1S/C12H23NO4S/c1-2-3-10-18(16,17)13-8-6-11(7-9-13)4-5-12(14)15/h11H,2-10H2,1H3,(H,14,15). The van der Waals surface area contributed by atoms with Gasteiger partial charge in [-0.1, -0.05) is 13.3 Å². The topological polar surface area (TPSA) is 74.7 Å². The summed E-state index contributed by atoms with van der Waals surface area (Å²) in [4.78, 5) is 10.5. The Bertz CT molecular complexity index is 358. The second-order valence-corrected chi connectivity index (χ2v) is 7.03. The van der Waals surface area contributed by atoms with E-state index in [9.17, 15) is 13.2 Å². The van der Waals surface area contributed by atoms with Gasteiger partial charge in [0.05, 0.1) is 5.75 Å². The molecular formula is C12H23NO4S. The Morgan fingerprint density at radius 2 is 1.94 bits per heavy atom. The van der Waals surface area contributed by atoms with Gasteiger partial charge < -0.3 is 5.11 Å². The highest BCUT2D eigenvalue weighted by Crippen LogP contribution is 2.24. The van der Waals surface area contributed by atoms with Crippen molar-refractivity contribution in [1.82, 2.24) is 4.31 Å². The summed E-state index contributed by atoms with van der Waals surface area (Å²) in [7, 11) is -3.08. The molecule has 0 aromatic carbocycles. The van der Waals surface area contributed by atoms with Crippen LogP contribution in [0.2, 0.25) is 0 Å². The van der Waals surface area contributed by atoms with Crippen LogP contribution in [0.25, 0.3) is 0 Å². The van der Waals surface area contributed by atoms with Gasteiger partial charge in [0.1, 0.15) is 0 Å². The van der Waals surface area contributed by atoms with Gasteiger partial charge in [0.15, 0.2) is 0 Å². The van der Waals surface area contributed by atoms with Crippen LogP contribution in [-0.2, 0) is 14.8 Å². The van der Waals surface area contributed by atoms with Gasteiger partial charge in [-0.15, -0.1) is 0 Å². The summed E-state index contributed by atoms with van der Waals surface area (Å²) in [6, 6.07) is 0. The first kappa shape index (κ1) is 15.4. The molecule has 1 heterocycles. The van der Waals surface area contributed by atoms with E-state index in [4.69, 9.17) is 5.11 Å². The van der Waals surface area contributed by atoms with E-state index in [0.29, 0.717) is 31.8 Å².